The van der Waals surface area contributed by atoms with Gasteiger partial charge in [0.2, 0.25) is 0 Å². The fourth-order valence-corrected chi connectivity index (χ4v) is 2.77. The van der Waals surface area contributed by atoms with Crippen LogP contribution in [0.3, 0.4) is 0 Å². The van der Waals surface area contributed by atoms with E-state index in [1.165, 1.54) is 12.7 Å². The largest absolute Gasteiger partial charge is 0.465 e. The van der Waals surface area contributed by atoms with Crippen molar-refractivity contribution in [2.75, 3.05) is 24.4 Å². The van der Waals surface area contributed by atoms with Gasteiger partial charge in [0.25, 0.3) is 5.91 Å². The van der Waals surface area contributed by atoms with E-state index < -0.39 is 5.97 Å². The van der Waals surface area contributed by atoms with E-state index in [1.54, 1.807) is 36.5 Å². The van der Waals surface area contributed by atoms with Gasteiger partial charge in [-0.05, 0) is 35.9 Å². The first-order chi connectivity index (χ1) is 13.6. The van der Waals surface area contributed by atoms with E-state index in [9.17, 15) is 9.59 Å². The lowest BCUT2D eigenvalue weighted by molar-refractivity contribution is 0.0600. The first-order valence-corrected chi connectivity index (χ1v) is 8.77. The first-order valence-electron chi connectivity index (χ1n) is 8.77. The molecule has 3 rings (SSSR count). The van der Waals surface area contributed by atoms with Gasteiger partial charge in [-0.15, -0.1) is 0 Å². The Balaban J connectivity index is 1.73. The molecule has 1 heterocycles. The molecule has 0 atom stereocenters. The number of carbonyl (C=O) groups is 2. The van der Waals surface area contributed by atoms with Gasteiger partial charge in [0.05, 0.1) is 12.7 Å². The summed E-state index contributed by atoms with van der Waals surface area (Å²) < 4.78 is 4.70. The van der Waals surface area contributed by atoms with E-state index in [-0.39, 0.29) is 5.91 Å². The number of benzene rings is 2. The number of anilines is 2. The van der Waals surface area contributed by atoms with Crippen LogP contribution in [0.25, 0.3) is 0 Å². The minimum atomic E-state index is -0.459. The van der Waals surface area contributed by atoms with Crippen LogP contribution in [0.5, 0.6) is 0 Å². The Labute approximate surface area is 163 Å². The molecule has 0 saturated heterocycles. The van der Waals surface area contributed by atoms with Crippen LogP contribution < -0.4 is 10.2 Å². The van der Waals surface area contributed by atoms with Gasteiger partial charge < -0.3 is 15.0 Å². The molecular weight excluding hydrogens is 354 g/mol. The molecule has 2 aromatic carbocycles. The maximum atomic E-state index is 12.6. The quantitative estimate of drug-likeness (QED) is 0.664. The molecule has 0 aliphatic carbocycles. The second-order valence-electron chi connectivity index (χ2n) is 6.27. The SMILES string of the molecule is COC(=O)c1cccc(NC(=O)c2cc(N(C)Cc3ccccc3)ccn2)c1. The number of esters is 1. The Hall–Kier alpha value is -3.67. The van der Waals surface area contributed by atoms with Crippen molar-refractivity contribution in [3.05, 3.63) is 89.7 Å². The Morgan fingerprint density at radius 1 is 1.04 bits per heavy atom. The summed E-state index contributed by atoms with van der Waals surface area (Å²) in [6.07, 6.45) is 1.61. The molecule has 0 spiro atoms. The molecule has 3 aromatic rings. The van der Waals surface area contributed by atoms with Crippen LogP contribution in [0, 0.1) is 0 Å². The number of amides is 1. The summed E-state index contributed by atoms with van der Waals surface area (Å²) in [5.41, 5.74) is 3.21. The van der Waals surface area contributed by atoms with Crippen LogP contribution in [-0.2, 0) is 11.3 Å². The second kappa shape index (κ2) is 8.81. The summed E-state index contributed by atoms with van der Waals surface area (Å²) in [6, 6.07) is 20.3. The molecule has 0 fully saturated rings. The number of pyridine rings is 1. The molecule has 0 bridgehead atoms. The minimum Gasteiger partial charge on any atom is -0.465 e. The summed E-state index contributed by atoms with van der Waals surface area (Å²) >= 11 is 0. The number of rotatable bonds is 6. The molecule has 28 heavy (non-hydrogen) atoms. The number of methoxy groups -OCH3 is 1. The van der Waals surface area contributed by atoms with E-state index in [1.807, 2.05) is 36.2 Å². The zero-order valence-corrected chi connectivity index (χ0v) is 15.8. The number of carbonyl (C=O) groups excluding carboxylic acids is 2. The van der Waals surface area contributed by atoms with E-state index in [0.717, 1.165) is 5.69 Å². The zero-order chi connectivity index (χ0) is 19.9. The average Bonchev–Trinajstić information content (AvgIpc) is 2.74. The standard InChI is InChI=1S/C22H21N3O3/c1-25(15-16-7-4-3-5-8-16)19-11-12-23-20(14-19)21(26)24-18-10-6-9-17(13-18)22(27)28-2/h3-14H,15H2,1-2H3,(H,24,26). The van der Waals surface area contributed by atoms with Gasteiger partial charge in [-0.1, -0.05) is 36.4 Å². The van der Waals surface area contributed by atoms with Crippen molar-refractivity contribution in [1.29, 1.82) is 0 Å². The van der Waals surface area contributed by atoms with Crippen molar-refractivity contribution in [3.8, 4) is 0 Å². The van der Waals surface area contributed by atoms with Gasteiger partial charge in [0.1, 0.15) is 5.69 Å². The van der Waals surface area contributed by atoms with Crippen molar-refractivity contribution < 1.29 is 14.3 Å². The fraction of sp³-hybridized carbons (Fsp3) is 0.136. The fourth-order valence-electron chi connectivity index (χ4n) is 2.77. The highest BCUT2D eigenvalue weighted by molar-refractivity contribution is 6.04. The van der Waals surface area contributed by atoms with Crippen LogP contribution >= 0.6 is 0 Å². The van der Waals surface area contributed by atoms with Gasteiger partial charge in [0.15, 0.2) is 0 Å². The van der Waals surface area contributed by atoms with Crippen molar-refractivity contribution in [2.24, 2.45) is 0 Å². The highest BCUT2D eigenvalue weighted by atomic mass is 16.5. The lowest BCUT2D eigenvalue weighted by Crippen LogP contribution is -2.19. The first kappa shape index (κ1) is 19.1. The maximum Gasteiger partial charge on any atom is 0.337 e. The highest BCUT2D eigenvalue weighted by Gasteiger charge is 2.12. The van der Waals surface area contributed by atoms with Crippen LogP contribution in [0.15, 0.2) is 72.9 Å². The smallest absolute Gasteiger partial charge is 0.337 e. The maximum absolute atomic E-state index is 12.6. The summed E-state index contributed by atoms with van der Waals surface area (Å²) in [5.74, 6) is -0.810. The third-order valence-corrected chi connectivity index (χ3v) is 4.22. The molecule has 0 saturated carbocycles. The molecule has 0 aliphatic heterocycles. The molecule has 142 valence electrons. The predicted octanol–water partition coefficient (Wildman–Crippen LogP) is 3.76. The van der Waals surface area contributed by atoms with Gasteiger partial charge in [-0.25, -0.2) is 4.79 Å². The van der Waals surface area contributed by atoms with E-state index in [0.29, 0.717) is 23.5 Å². The summed E-state index contributed by atoms with van der Waals surface area (Å²) in [4.78, 5) is 30.4. The molecule has 1 amide bonds. The van der Waals surface area contributed by atoms with Crippen molar-refractivity contribution >= 4 is 23.3 Å². The number of hydrogen-bond donors (Lipinski definition) is 1. The van der Waals surface area contributed by atoms with Gasteiger partial charge in [0, 0.05) is 31.2 Å². The Morgan fingerprint density at radius 2 is 1.82 bits per heavy atom. The van der Waals surface area contributed by atoms with Crippen molar-refractivity contribution in [2.45, 2.75) is 6.54 Å². The highest BCUT2D eigenvalue weighted by Crippen LogP contribution is 2.18. The normalized spacial score (nSPS) is 10.2. The number of hydrogen-bond acceptors (Lipinski definition) is 5. The molecule has 0 unspecified atom stereocenters. The lowest BCUT2D eigenvalue weighted by Gasteiger charge is -2.19. The second-order valence-corrected chi connectivity index (χ2v) is 6.27. The van der Waals surface area contributed by atoms with Gasteiger partial charge in [-0.3, -0.25) is 9.78 Å². The summed E-state index contributed by atoms with van der Waals surface area (Å²) in [5, 5.41) is 2.77. The Kier molecular flexibility index (Phi) is 6.01. The monoisotopic (exact) mass is 375 g/mol. The average molecular weight is 375 g/mol. The summed E-state index contributed by atoms with van der Waals surface area (Å²) in [6.45, 7) is 0.715. The third-order valence-electron chi connectivity index (χ3n) is 4.22. The molecule has 6 nitrogen and oxygen atoms in total. The van der Waals surface area contributed by atoms with Crippen LogP contribution in [0.2, 0.25) is 0 Å². The number of aromatic nitrogens is 1. The molecule has 1 aromatic heterocycles. The predicted molar refractivity (Wildman–Crippen MR) is 109 cm³/mol. The molecular formula is C22H21N3O3. The van der Waals surface area contributed by atoms with E-state index >= 15 is 0 Å². The molecule has 0 aliphatic rings. The summed E-state index contributed by atoms with van der Waals surface area (Å²) in [7, 11) is 3.28. The van der Waals surface area contributed by atoms with Crippen LogP contribution in [0.4, 0.5) is 11.4 Å². The van der Waals surface area contributed by atoms with Crippen molar-refractivity contribution in [3.63, 3.8) is 0 Å². The Bertz CT molecular complexity index is 974. The van der Waals surface area contributed by atoms with Crippen molar-refractivity contribution in [1.82, 2.24) is 4.98 Å². The number of nitrogens with zero attached hydrogens (tertiary/aromatic N) is 2. The lowest BCUT2D eigenvalue weighted by atomic mass is 10.2. The molecule has 6 heteroatoms. The molecule has 0 radical (unpaired) electrons. The van der Waals surface area contributed by atoms with E-state index in [2.05, 4.69) is 22.4 Å². The Morgan fingerprint density at radius 3 is 2.57 bits per heavy atom. The number of ether oxygens (including phenoxy) is 1. The van der Waals surface area contributed by atoms with Gasteiger partial charge >= 0.3 is 5.97 Å². The number of nitrogens with one attached hydrogen (secondary N) is 1. The third kappa shape index (κ3) is 4.73. The minimum absolute atomic E-state index is 0.292. The zero-order valence-electron chi connectivity index (χ0n) is 15.8. The van der Waals surface area contributed by atoms with Gasteiger partial charge in [-0.2, -0.15) is 0 Å². The van der Waals surface area contributed by atoms with Crippen LogP contribution in [0.1, 0.15) is 26.4 Å². The topological polar surface area (TPSA) is 71.5 Å². The molecule has 1 N–H and O–H groups in total. The van der Waals surface area contributed by atoms with E-state index in [4.69, 9.17) is 4.74 Å². The van der Waals surface area contributed by atoms with Crippen LogP contribution in [-0.4, -0.2) is 31.0 Å².